The van der Waals surface area contributed by atoms with Crippen molar-refractivity contribution in [1.82, 2.24) is 20.9 Å². The lowest BCUT2D eigenvalue weighted by atomic mass is 10.1. The molecule has 3 N–H and O–H groups in total. The van der Waals surface area contributed by atoms with E-state index in [1.165, 1.54) is 0 Å². The first kappa shape index (κ1) is 18.4. The third-order valence-electron chi connectivity index (χ3n) is 4.18. The topological polar surface area (TPSA) is 109 Å². The normalized spacial score (nSPS) is 15.9. The first-order valence-electron chi connectivity index (χ1n) is 8.50. The van der Waals surface area contributed by atoms with Crippen molar-refractivity contribution in [3.05, 3.63) is 53.2 Å². The number of hydrogen-bond acceptors (Lipinski definition) is 5. The van der Waals surface area contributed by atoms with E-state index in [1.54, 1.807) is 18.3 Å². The minimum atomic E-state index is -0.850. The SMILES string of the molecule is Cc1cccc(C)c1Oc1ncccc1CNC(=O)CC1NC(=O)NC1=O. The van der Waals surface area contributed by atoms with Crippen LogP contribution in [0.1, 0.15) is 23.1 Å². The van der Waals surface area contributed by atoms with Gasteiger partial charge >= 0.3 is 6.03 Å². The molecular weight excluding hydrogens is 348 g/mol. The van der Waals surface area contributed by atoms with Crippen LogP contribution >= 0.6 is 0 Å². The monoisotopic (exact) mass is 368 g/mol. The van der Waals surface area contributed by atoms with Crippen LogP contribution in [-0.4, -0.2) is 28.9 Å². The van der Waals surface area contributed by atoms with E-state index in [4.69, 9.17) is 4.74 Å². The first-order valence-corrected chi connectivity index (χ1v) is 8.50. The Labute approximate surface area is 156 Å². The Morgan fingerprint density at radius 1 is 1.19 bits per heavy atom. The van der Waals surface area contributed by atoms with Crippen LogP contribution in [0.15, 0.2) is 36.5 Å². The minimum absolute atomic E-state index is 0.134. The maximum atomic E-state index is 12.1. The number of carbonyl (C=O) groups excluding carboxylic acids is 3. The summed E-state index contributed by atoms with van der Waals surface area (Å²) in [6.07, 6.45) is 1.48. The predicted molar refractivity (Wildman–Crippen MR) is 97.2 cm³/mol. The fourth-order valence-corrected chi connectivity index (χ4v) is 2.76. The third-order valence-corrected chi connectivity index (χ3v) is 4.18. The Balaban J connectivity index is 1.65. The largest absolute Gasteiger partial charge is 0.438 e. The highest BCUT2D eigenvalue weighted by Gasteiger charge is 2.31. The number of hydrogen-bond donors (Lipinski definition) is 3. The van der Waals surface area contributed by atoms with Gasteiger partial charge in [-0.3, -0.25) is 14.9 Å². The van der Waals surface area contributed by atoms with Crippen LogP contribution in [0, 0.1) is 13.8 Å². The molecule has 2 aromatic rings. The van der Waals surface area contributed by atoms with Crippen molar-refractivity contribution in [2.45, 2.75) is 32.9 Å². The minimum Gasteiger partial charge on any atom is -0.438 e. The quantitative estimate of drug-likeness (QED) is 0.673. The zero-order chi connectivity index (χ0) is 19.4. The number of nitrogens with one attached hydrogen (secondary N) is 3. The number of para-hydroxylation sites is 1. The van der Waals surface area contributed by atoms with Crippen LogP contribution in [0.25, 0.3) is 0 Å². The number of aromatic nitrogens is 1. The smallest absolute Gasteiger partial charge is 0.322 e. The zero-order valence-electron chi connectivity index (χ0n) is 15.0. The molecule has 27 heavy (non-hydrogen) atoms. The molecule has 0 radical (unpaired) electrons. The summed E-state index contributed by atoms with van der Waals surface area (Å²) in [5.41, 5.74) is 2.67. The van der Waals surface area contributed by atoms with Gasteiger partial charge in [0.05, 0.1) is 6.42 Å². The van der Waals surface area contributed by atoms with E-state index in [-0.39, 0.29) is 18.9 Å². The highest BCUT2D eigenvalue weighted by Crippen LogP contribution is 2.29. The van der Waals surface area contributed by atoms with Crippen molar-refractivity contribution < 1.29 is 19.1 Å². The molecule has 0 spiro atoms. The number of carbonyl (C=O) groups is 3. The van der Waals surface area contributed by atoms with Crippen LogP contribution in [0.4, 0.5) is 4.79 Å². The summed E-state index contributed by atoms with van der Waals surface area (Å²) in [4.78, 5) is 39.0. The summed E-state index contributed by atoms with van der Waals surface area (Å²) in [7, 11) is 0. The second kappa shape index (κ2) is 7.86. The van der Waals surface area contributed by atoms with Gasteiger partial charge in [-0.25, -0.2) is 9.78 Å². The van der Waals surface area contributed by atoms with Gasteiger partial charge in [0.1, 0.15) is 11.8 Å². The van der Waals surface area contributed by atoms with Crippen LogP contribution in [0.3, 0.4) is 0 Å². The molecule has 8 heteroatoms. The molecule has 1 aliphatic heterocycles. The Kier molecular flexibility index (Phi) is 5.35. The van der Waals surface area contributed by atoms with E-state index in [1.807, 2.05) is 32.0 Å². The van der Waals surface area contributed by atoms with Crippen molar-refractivity contribution in [2.24, 2.45) is 0 Å². The lowest BCUT2D eigenvalue weighted by Gasteiger charge is -2.14. The van der Waals surface area contributed by atoms with E-state index >= 15 is 0 Å². The standard InChI is InChI=1S/C19H20N4O4/c1-11-5-3-6-12(2)16(11)27-18-13(7-4-8-20-18)10-21-15(24)9-14-17(25)23-19(26)22-14/h3-8,14H,9-10H2,1-2H3,(H,21,24)(H2,22,23,25,26). The molecule has 2 heterocycles. The van der Waals surface area contributed by atoms with E-state index in [0.717, 1.165) is 16.9 Å². The van der Waals surface area contributed by atoms with Gasteiger partial charge in [-0.05, 0) is 31.0 Å². The molecule has 0 aliphatic carbocycles. The number of urea groups is 1. The molecule has 8 nitrogen and oxygen atoms in total. The Bertz CT molecular complexity index is 877. The molecule has 0 saturated carbocycles. The highest BCUT2D eigenvalue weighted by molar-refractivity contribution is 6.05. The van der Waals surface area contributed by atoms with E-state index in [2.05, 4.69) is 20.9 Å². The van der Waals surface area contributed by atoms with Gasteiger partial charge in [-0.15, -0.1) is 0 Å². The Morgan fingerprint density at radius 3 is 2.59 bits per heavy atom. The van der Waals surface area contributed by atoms with Crippen molar-refractivity contribution in [3.8, 4) is 11.6 Å². The molecule has 1 fully saturated rings. The molecule has 140 valence electrons. The summed E-state index contributed by atoms with van der Waals surface area (Å²) in [5.74, 6) is 0.269. The molecule has 1 atom stereocenters. The van der Waals surface area contributed by atoms with E-state index < -0.39 is 18.0 Å². The van der Waals surface area contributed by atoms with Crippen molar-refractivity contribution in [3.63, 3.8) is 0 Å². The summed E-state index contributed by atoms with van der Waals surface area (Å²) >= 11 is 0. The summed E-state index contributed by atoms with van der Waals surface area (Å²) in [6, 6.07) is 7.98. The van der Waals surface area contributed by atoms with Crippen LogP contribution in [0.5, 0.6) is 11.6 Å². The number of pyridine rings is 1. The van der Waals surface area contributed by atoms with Gasteiger partial charge in [-0.1, -0.05) is 24.3 Å². The molecule has 3 rings (SSSR count). The molecule has 1 unspecified atom stereocenters. The number of ether oxygens (including phenoxy) is 1. The van der Waals surface area contributed by atoms with Crippen LogP contribution < -0.4 is 20.7 Å². The number of benzene rings is 1. The van der Waals surface area contributed by atoms with Gasteiger partial charge in [0.15, 0.2) is 0 Å². The molecule has 1 saturated heterocycles. The Hall–Kier alpha value is -3.42. The van der Waals surface area contributed by atoms with Crippen molar-refractivity contribution >= 4 is 17.8 Å². The number of amides is 4. The zero-order valence-corrected chi connectivity index (χ0v) is 15.0. The molecule has 0 bridgehead atoms. The molecule has 4 amide bonds. The second-order valence-corrected chi connectivity index (χ2v) is 6.29. The predicted octanol–water partition coefficient (Wildman–Crippen LogP) is 1.71. The molecule has 1 aromatic heterocycles. The number of aryl methyl sites for hydroxylation is 2. The summed E-state index contributed by atoms with van der Waals surface area (Å²) in [6.45, 7) is 4.09. The van der Waals surface area contributed by atoms with Crippen molar-refractivity contribution in [1.29, 1.82) is 0 Å². The van der Waals surface area contributed by atoms with Gasteiger partial charge in [0.25, 0.3) is 5.91 Å². The maximum absolute atomic E-state index is 12.1. The van der Waals surface area contributed by atoms with E-state index in [0.29, 0.717) is 11.4 Å². The lowest BCUT2D eigenvalue weighted by Crippen LogP contribution is -2.36. The number of nitrogens with zero attached hydrogens (tertiary/aromatic N) is 1. The first-order chi connectivity index (χ1) is 12.9. The molecule has 1 aliphatic rings. The average molecular weight is 368 g/mol. The maximum Gasteiger partial charge on any atom is 0.322 e. The third kappa shape index (κ3) is 4.41. The highest BCUT2D eigenvalue weighted by atomic mass is 16.5. The van der Waals surface area contributed by atoms with Gasteiger partial charge < -0.3 is 15.4 Å². The summed E-state index contributed by atoms with van der Waals surface area (Å²) < 4.78 is 5.98. The average Bonchev–Trinajstić information content (AvgIpc) is 2.94. The fourth-order valence-electron chi connectivity index (χ4n) is 2.76. The summed E-state index contributed by atoms with van der Waals surface area (Å²) in [5, 5.41) is 7.21. The lowest BCUT2D eigenvalue weighted by molar-refractivity contribution is -0.126. The second-order valence-electron chi connectivity index (χ2n) is 6.29. The van der Waals surface area contributed by atoms with Gasteiger partial charge in [0, 0.05) is 18.3 Å². The van der Waals surface area contributed by atoms with Crippen LogP contribution in [-0.2, 0) is 16.1 Å². The van der Waals surface area contributed by atoms with E-state index in [9.17, 15) is 14.4 Å². The molecule has 1 aromatic carbocycles. The Morgan fingerprint density at radius 2 is 1.93 bits per heavy atom. The van der Waals surface area contributed by atoms with Crippen molar-refractivity contribution in [2.75, 3.05) is 0 Å². The van der Waals surface area contributed by atoms with Gasteiger partial charge in [-0.2, -0.15) is 0 Å². The van der Waals surface area contributed by atoms with Gasteiger partial charge in [0.2, 0.25) is 11.8 Å². The molecular formula is C19H20N4O4. The number of rotatable bonds is 6. The fraction of sp³-hybridized carbons (Fsp3) is 0.263. The number of imide groups is 1. The van der Waals surface area contributed by atoms with Crippen LogP contribution in [0.2, 0.25) is 0 Å².